The number of halogens is 1. The Morgan fingerprint density at radius 1 is 1.28 bits per heavy atom. The molecule has 7 nitrogen and oxygen atoms in total. The quantitative estimate of drug-likeness (QED) is 0.354. The van der Waals surface area contributed by atoms with E-state index in [1.54, 1.807) is 49.5 Å². The second kappa shape index (κ2) is 10.3. The van der Waals surface area contributed by atoms with Crippen LogP contribution in [-0.4, -0.2) is 49.8 Å². The molecule has 0 aliphatic carbocycles. The molecule has 1 fully saturated rings. The van der Waals surface area contributed by atoms with Gasteiger partial charge in [0.1, 0.15) is 6.61 Å². The van der Waals surface area contributed by atoms with Gasteiger partial charge in [0, 0.05) is 7.05 Å². The molecule has 0 aromatic heterocycles. The first-order chi connectivity index (χ1) is 15.4. The monoisotopic (exact) mass is 470 g/mol. The van der Waals surface area contributed by atoms with Crippen molar-refractivity contribution in [1.29, 1.82) is 0 Å². The minimum atomic E-state index is -0.429. The van der Waals surface area contributed by atoms with E-state index in [0.717, 1.165) is 0 Å². The lowest BCUT2D eigenvalue weighted by Gasteiger charge is -2.11. The Morgan fingerprint density at radius 3 is 2.62 bits per heavy atom. The van der Waals surface area contributed by atoms with Crippen LogP contribution in [0.4, 0.5) is 5.69 Å². The van der Waals surface area contributed by atoms with Crippen molar-refractivity contribution in [2.75, 3.05) is 27.9 Å². The third-order valence-corrected chi connectivity index (χ3v) is 5.71. The molecular formula is C23H19ClN2O5S. The molecule has 0 saturated carbocycles. The molecule has 0 spiro atoms. The van der Waals surface area contributed by atoms with Gasteiger partial charge in [-0.15, -0.1) is 6.42 Å². The molecule has 1 amide bonds. The van der Waals surface area contributed by atoms with Gasteiger partial charge >= 0.3 is 5.97 Å². The molecule has 0 unspecified atom stereocenters. The van der Waals surface area contributed by atoms with Crippen LogP contribution in [0.1, 0.15) is 15.9 Å². The van der Waals surface area contributed by atoms with Crippen molar-refractivity contribution < 1.29 is 23.8 Å². The van der Waals surface area contributed by atoms with E-state index < -0.39 is 5.97 Å². The van der Waals surface area contributed by atoms with Crippen molar-refractivity contribution in [2.45, 2.75) is 0 Å². The Balaban J connectivity index is 1.87. The summed E-state index contributed by atoms with van der Waals surface area (Å²) >= 11 is 7.54. The van der Waals surface area contributed by atoms with E-state index in [2.05, 4.69) is 15.6 Å². The lowest BCUT2D eigenvalue weighted by Crippen LogP contribution is -2.23. The normalized spacial score (nSPS) is 15.7. The van der Waals surface area contributed by atoms with Crippen molar-refractivity contribution >= 4 is 52.2 Å². The number of ether oxygens (including phenoxy) is 3. The topological polar surface area (TPSA) is 77.4 Å². The summed E-state index contributed by atoms with van der Waals surface area (Å²) in [6, 6.07) is 9.96. The lowest BCUT2D eigenvalue weighted by atomic mass is 10.2. The van der Waals surface area contributed by atoms with Gasteiger partial charge in [0.15, 0.2) is 16.7 Å². The Bertz CT molecular complexity index is 1150. The minimum Gasteiger partial charge on any atom is -0.493 e. The molecule has 9 heteroatoms. The SMILES string of the molecule is C#CCOc1c(Cl)cc(C=C2SC(=Nc3ccc(C(=O)OC)cc3)N(C)C2=O)cc1OC. The van der Waals surface area contributed by atoms with Gasteiger partial charge < -0.3 is 14.2 Å². The van der Waals surface area contributed by atoms with Crippen molar-refractivity contribution in [2.24, 2.45) is 4.99 Å². The highest BCUT2D eigenvalue weighted by atomic mass is 35.5. The Hall–Kier alpha value is -3.41. The number of methoxy groups -OCH3 is 2. The largest absolute Gasteiger partial charge is 0.493 e. The van der Waals surface area contributed by atoms with Crippen LogP contribution in [0.25, 0.3) is 6.08 Å². The Kier molecular flexibility index (Phi) is 7.46. The van der Waals surface area contributed by atoms with Crippen LogP contribution in [0.3, 0.4) is 0 Å². The number of amidine groups is 1. The molecule has 32 heavy (non-hydrogen) atoms. The van der Waals surface area contributed by atoms with E-state index >= 15 is 0 Å². The second-order valence-electron chi connectivity index (χ2n) is 6.43. The molecule has 0 radical (unpaired) electrons. The van der Waals surface area contributed by atoms with Gasteiger partial charge in [-0.25, -0.2) is 9.79 Å². The molecule has 1 heterocycles. The number of benzene rings is 2. The second-order valence-corrected chi connectivity index (χ2v) is 7.85. The summed E-state index contributed by atoms with van der Waals surface area (Å²) in [4.78, 5) is 30.7. The predicted octanol–water partition coefficient (Wildman–Crippen LogP) is 4.38. The van der Waals surface area contributed by atoms with Crippen LogP contribution >= 0.6 is 23.4 Å². The first-order valence-electron chi connectivity index (χ1n) is 9.26. The smallest absolute Gasteiger partial charge is 0.337 e. The zero-order chi connectivity index (χ0) is 23.3. The molecule has 1 aliphatic rings. The number of nitrogens with zero attached hydrogens (tertiary/aromatic N) is 2. The maximum absolute atomic E-state index is 12.7. The number of hydrogen-bond acceptors (Lipinski definition) is 7. The van der Waals surface area contributed by atoms with E-state index in [-0.39, 0.29) is 12.5 Å². The lowest BCUT2D eigenvalue weighted by molar-refractivity contribution is -0.121. The van der Waals surface area contributed by atoms with E-state index in [0.29, 0.717) is 43.4 Å². The van der Waals surface area contributed by atoms with Crippen molar-refractivity contribution in [3.63, 3.8) is 0 Å². The van der Waals surface area contributed by atoms with Crippen molar-refractivity contribution in [1.82, 2.24) is 4.90 Å². The van der Waals surface area contributed by atoms with Crippen LogP contribution < -0.4 is 9.47 Å². The number of rotatable bonds is 6. The molecule has 0 bridgehead atoms. The third kappa shape index (κ3) is 5.07. The van der Waals surface area contributed by atoms with Gasteiger partial charge in [0.25, 0.3) is 5.91 Å². The number of amides is 1. The molecular weight excluding hydrogens is 452 g/mol. The predicted molar refractivity (Wildman–Crippen MR) is 126 cm³/mol. The van der Waals surface area contributed by atoms with Gasteiger partial charge in [-0.05, 0) is 59.8 Å². The molecule has 2 aromatic carbocycles. The Morgan fingerprint density at radius 2 is 2.00 bits per heavy atom. The zero-order valence-corrected chi connectivity index (χ0v) is 19.1. The summed E-state index contributed by atoms with van der Waals surface area (Å²) in [5.41, 5.74) is 1.68. The number of esters is 1. The third-order valence-electron chi connectivity index (χ3n) is 4.37. The number of carbonyl (C=O) groups excluding carboxylic acids is 2. The van der Waals surface area contributed by atoms with E-state index in [1.807, 2.05) is 0 Å². The summed E-state index contributed by atoms with van der Waals surface area (Å²) in [6.45, 7) is 0.0517. The first-order valence-corrected chi connectivity index (χ1v) is 10.5. The number of aliphatic imine (C=N–C) groups is 1. The van der Waals surface area contributed by atoms with Gasteiger partial charge in [0.2, 0.25) is 0 Å². The molecule has 0 N–H and O–H groups in total. The highest BCUT2D eigenvalue weighted by molar-refractivity contribution is 8.18. The average Bonchev–Trinajstić information content (AvgIpc) is 3.05. The standard InChI is InChI=1S/C23H19ClN2O5S/c1-5-10-31-20-17(24)11-14(12-18(20)29-3)13-19-21(27)26(2)23(32-19)25-16-8-6-15(7-9-16)22(28)30-4/h1,6-9,11-13H,10H2,2-4H3. The van der Waals surface area contributed by atoms with Crippen LogP contribution in [0, 0.1) is 12.3 Å². The number of hydrogen-bond donors (Lipinski definition) is 0. The highest BCUT2D eigenvalue weighted by Crippen LogP contribution is 2.39. The fraction of sp³-hybridized carbons (Fsp3) is 0.174. The highest BCUT2D eigenvalue weighted by Gasteiger charge is 2.30. The Labute approximate surface area is 195 Å². The number of carbonyl (C=O) groups is 2. The number of thioether (sulfide) groups is 1. The molecule has 1 saturated heterocycles. The zero-order valence-electron chi connectivity index (χ0n) is 17.5. The molecule has 0 atom stereocenters. The fourth-order valence-corrected chi connectivity index (χ4v) is 4.04. The van der Waals surface area contributed by atoms with Crippen molar-refractivity contribution in [3.05, 3.63) is 57.5 Å². The van der Waals surface area contributed by atoms with E-state index in [9.17, 15) is 9.59 Å². The van der Waals surface area contributed by atoms with Crippen LogP contribution in [0.2, 0.25) is 5.02 Å². The van der Waals surface area contributed by atoms with Crippen LogP contribution in [0.15, 0.2) is 46.3 Å². The van der Waals surface area contributed by atoms with E-state index in [1.165, 1.54) is 30.9 Å². The van der Waals surface area contributed by atoms with Gasteiger partial charge in [-0.3, -0.25) is 9.69 Å². The van der Waals surface area contributed by atoms with Crippen LogP contribution in [0.5, 0.6) is 11.5 Å². The number of terminal acetylenes is 1. The molecule has 1 aliphatic heterocycles. The molecule has 164 valence electrons. The van der Waals surface area contributed by atoms with Gasteiger partial charge in [0.05, 0.1) is 35.4 Å². The van der Waals surface area contributed by atoms with Gasteiger partial charge in [-0.2, -0.15) is 0 Å². The summed E-state index contributed by atoms with van der Waals surface area (Å²) in [6.07, 6.45) is 6.94. The minimum absolute atomic E-state index is 0.0517. The summed E-state index contributed by atoms with van der Waals surface area (Å²) in [5.74, 6) is 2.49. The summed E-state index contributed by atoms with van der Waals surface area (Å²) in [7, 11) is 4.45. The van der Waals surface area contributed by atoms with Crippen LogP contribution in [-0.2, 0) is 9.53 Å². The summed E-state index contributed by atoms with van der Waals surface area (Å²) < 4.78 is 15.5. The molecule has 2 aromatic rings. The summed E-state index contributed by atoms with van der Waals surface area (Å²) in [5, 5.41) is 0.814. The molecule has 3 rings (SSSR count). The van der Waals surface area contributed by atoms with Crippen molar-refractivity contribution in [3.8, 4) is 23.8 Å². The number of likely N-dealkylation sites (N-methyl/N-ethyl adjacent to an activating group) is 1. The fourth-order valence-electron chi connectivity index (χ4n) is 2.78. The van der Waals surface area contributed by atoms with E-state index in [4.69, 9.17) is 27.5 Å². The maximum atomic E-state index is 12.7. The average molecular weight is 471 g/mol. The first kappa shape index (κ1) is 23.3. The maximum Gasteiger partial charge on any atom is 0.337 e. The van der Waals surface area contributed by atoms with Gasteiger partial charge in [-0.1, -0.05) is 17.5 Å².